The highest BCUT2D eigenvalue weighted by atomic mass is 28.3. The van der Waals surface area contributed by atoms with Crippen LogP contribution in [0, 0.1) is 17.8 Å². The van der Waals surface area contributed by atoms with E-state index in [4.69, 9.17) is 9.47 Å². The Morgan fingerprint density at radius 1 is 0.600 bits per heavy atom. The summed E-state index contributed by atoms with van der Waals surface area (Å²) >= 11 is 0. The summed E-state index contributed by atoms with van der Waals surface area (Å²) in [6.07, 6.45) is 7.64. The molecular weight excluding hydrogens is 685 g/mol. The van der Waals surface area contributed by atoms with Crippen molar-refractivity contribution in [1.82, 2.24) is 0 Å². The van der Waals surface area contributed by atoms with Crippen LogP contribution in [0.25, 0.3) is 22.3 Å². The van der Waals surface area contributed by atoms with Gasteiger partial charge >= 0.3 is 0 Å². The predicted molar refractivity (Wildman–Crippen MR) is 238 cm³/mol. The molecule has 0 saturated heterocycles. The van der Waals surface area contributed by atoms with E-state index >= 15 is 0 Å². The minimum absolute atomic E-state index is 0.140. The minimum atomic E-state index is -2.02. The molecule has 0 radical (unpaired) electrons. The van der Waals surface area contributed by atoms with Crippen LogP contribution in [0.1, 0.15) is 146 Å². The van der Waals surface area contributed by atoms with Crippen molar-refractivity contribution in [1.29, 1.82) is 0 Å². The first-order chi connectivity index (χ1) is 26.2. The molecule has 0 amide bonds. The summed E-state index contributed by atoms with van der Waals surface area (Å²) in [5.74, 6) is 1.97. The maximum Gasteiger partial charge on any atom is 0.0724 e. The first-order valence-corrected chi connectivity index (χ1v) is 24.4. The van der Waals surface area contributed by atoms with Crippen molar-refractivity contribution in [2.45, 2.75) is 162 Å². The maximum absolute atomic E-state index is 6.13. The molecule has 2 aliphatic carbocycles. The molecule has 4 aromatic carbocycles. The summed E-state index contributed by atoms with van der Waals surface area (Å²) in [4.78, 5) is 0. The van der Waals surface area contributed by atoms with E-state index in [2.05, 4.69) is 161 Å². The fraction of sp³-hybridized carbons (Fsp3) is 0.538. The Balaban J connectivity index is 1.44. The second-order valence-corrected chi connectivity index (χ2v) is 24.3. The fourth-order valence-corrected chi connectivity index (χ4v) is 18.8. The molecule has 6 rings (SSSR count). The lowest BCUT2D eigenvalue weighted by Crippen LogP contribution is -2.51. The second kappa shape index (κ2) is 17.2. The van der Waals surface area contributed by atoms with Crippen molar-refractivity contribution in [3.63, 3.8) is 0 Å². The number of hydrogen-bond donors (Lipinski definition) is 0. The molecule has 296 valence electrons. The lowest BCUT2D eigenvalue weighted by molar-refractivity contribution is -0.0152. The van der Waals surface area contributed by atoms with E-state index in [1.165, 1.54) is 84.0 Å². The molecule has 55 heavy (non-hydrogen) atoms. The maximum atomic E-state index is 6.13. The molecule has 0 spiro atoms. The van der Waals surface area contributed by atoms with Gasteiger partial charge in [-0.15, -0.1) is 0 Å². The molecule has 3 heteroatoms. The lowest BCUT2D eigenvalue weighted by Gasteiger charge is -2.48. The van der Waals surface area contributed by atoms with Crippen LogP contribution < -0.4 is 0 Å². The predicted octanol–water partition coefficient (Wildman–Crippen LogP) is 14.7. The number of ether oxygens (including phenoxy) is 2. The Morgan fingerprint density at radius 3 is 1.45 bits per heavy atom. The quantitative estimate of drug-likeness (QED) is 0.112. The van der Waals surface area contributed by atoms with Gasteiger partial charge in [0.15, 0.2) is 0 Å². The van der Waals surface area contributed by atoms with Gasteiger partial charge in [-0.05, 0) is 139 Å². The average Bonchev–Trinajstić information content (AvgIpc) is 3.72. The van der Waals surface area contributed by atoms with Crippen molar-refractivity contribution in [3.8, 4) is 22.3 Å². The van der Waals surface area contributed by atoms with Gasteiger partial charge in [0.25, 0.3) is 0 Å². The molecule has 4 unspecified atom stereocenters. The van der Waals surface area contributed by atoms with Gasteiger partial charge in [-0.3, -0.25) is 0 Å². The van der Waals surface area contributed by atoms with Crippen LogP contribution in [0.3, 0.4) is 0 Å². The highest BCUT2D eigenvalue weighted by molar-refractivity contribution is 6.82. The van der Waals surface area contributed by atoms with Crippen LogP contribution >= 0.6 is 0 Å². The van der Waals surface area contributed by atoms with Gasteiger partial charge in [0.2, 0.25) is 0 Å². The molecule has 4 atom stereocenters. The molecule has 0 fully saturated rings. The van der Waals surface area contributed by atoms with Crippen LogP contribution in [0.15, 0.2) is 84.9 Å². The molecule has 0 N–H and O–H groups in total. The van der Waals surface area contributed by atoms with Crippen molar-refractivity contribution in [3.05, 3.63) is 118 Å². The smallest absolute Gasteiger partial charge is 0.0724 e. The Labute approximate surface area is 336 Å². The molecule has 2 nitrogen and oxygen atoms in total. The molecule has 0 aliphatic heterocycles. The number of benzene rings is 4. The normalized spacial score (nSPS) is 19.9. The second-order valence-electron chi connectivity index (χ2n) is 19.6. The van der Waals surface area contributed by atoms with Gasteiger partial charge in [0, 0.05) is 0 Å². The largest absolute Gasteiger partial charge is 0.371 e. The van der Waals surface area contributed by atoms with Crippen molar-refractivity contribution in [2.75, 3.05) is 0 Å². The van der Waals surface area contributed by atoms with E-state index in [0.29, 0.717) is 42.0 Å². The fourth-order valence-electron chi connectivity index (χ4n) is 10.5. The average molecular weight is 757 g/mol. The third-order valence-corrected chi connectivity index (χ3v) is 19.7. The molecule has 4 aromatic rings. The van der Waals surface area contributed by atoms with Crippen molar-refractivity contribution in [2.24, 2.45) is 17.8 Å². The van der Waals surface area contributed by atoms with Crippen LogP contribution in [0.4, 0.5) is 0 Å². The van der Waals surface area contributed by atoms with Crippen molar-refractivity contribution < 1.29 is 9.47 Å². The number of fused-ring (bicyclic) bond motifs is 2. The van der Waals surface area contributed by atoms with E-state index in [9.17, 15) is 0 Å². The number of unbranched alkanes of at least 4 members (excludes halogenated alkanes) is 2. The molecule has 0 heterocycles. The summed E-state index contributed by atoms with van der Waals surface area (Å²) in [6, 6.07) is 36.2. The van der Waals surface area contributed by atoms with Crippen LogP contribution in [0.5, 0.6) is 0 Å². The van der Waals surface area contributed by atoms with Gasteiger partial charge in [0.1, 0.15) is 0 Å². The van der Waals surface area contributed by atoms with Gasteiger partial charge in [0.05, 0.1) is 32.5 Å². The van der Waals surface area contributed by atoms with Crippen LogP contribution in [0.2, 0.25) is 12.1 Å². The van der Waals surface area contributed by atoms with E-state index in [1.807, 2.05) is 0 Å². The summed E-state index contributed by atoms with van der Waals surface area (Å²) < 4.78 is 12.2. The van der Waals surface area contributed by atoms with Gasteiger partial charge in [-0.25, -0.2) is 0 Å². The Kier molecular flexibility index (Phi) is 13.1. The Hall–Kier alpha value is -2.98. The highest BCUT2D eigenvalue weighted by Crippen LogP contribution is 2.60. The SMILES string of the molecule is CCCC[Si](CCCC)(C1c2cccc(-c3ccc(COC(C)(C)C)cc3)c2CC1C)C1c2cccc(-c3ccc(COC(C)(C)C)cc3)c2CC1C(C)C. The summed E-state index contributed by atoms with van der Waals surface area (Å²) in [5.41, 5.74) is 15.8. The first kappa shape index (κ1) is 41.6. The van der Waals surface area contributed by atoms with Gasteiger partial charge in [-0.2, -0.15) is 0 Å². The standard InChI is InChI=1S/C52H72O2Si/c1-12-14-30-55(31-15-13-2,49-37(5)32-47-42(18-16-20-44(47)49)40-26-22-38(23-27-40)34-53-51(6,7)8)50-45-21-17-19-43(48(45)33-46(50)36(3)4)41-28-24-39(25-29-41)35-54-52(9,10)11/h16-29,36-37,46,49-50H,12-15,30-35H2,1-11H3. The van der Waals surface area contributed by atoms with Crippen LogP contribution in [-0.2, 0) is 35.5 Å². The molecule has 0 saturated carbocycles. The van der Waals surface area contributed by atoms with E-state index < -0.39 is 8.07 Å². The molecule has 2 aliphatic rings. The van der Waals surface area contributed by atoms with E-state index in [1.54, 1.807) is 22.3 Å². The van der Waals surface area contributed by atoms with E-state index in [0.717, 1.165) is 0 Å². The molecule has 0 aromatic heterocycles. The summed E-state index contributed by atoms with van der Waals surface area (Å²) in [7, 11) is -2.02. The number of hydrogen-bond acceptors (Lipinski definition) is 2. The first-order valence-electron chi connectivity index (χ1n) is 21.9. The summed E-state index contributed by atoms with van der Waals surface area (Å²) in [5, 5.41) is 0. The summed E-state index contributed by atoms with van der Waals surface area (Å²) in [6.45, 7) is 26.6. The monoisotopic (exact) mass is 757 g/mol. The van der Waals surface area contributed by atoms with E-state index in [-0.39, 0.29) is 11.2 Å². The Morgan fingerprint density at radius 2 is 1.04 bits per heavy atom. The zero-order chi connectivity index (χ0) is 39.5. The van der Waals surface area contributed by atoms with Gasteiger partial charge < -0.3 is 9.47 Å². The minimum Gasteiger partial charge on any atom is -0.371 e. The topological polar surface area (TPSA) is 18.5 Å². The third kappa shape index (κ3) is 9.27. The van der Waals surface area contributed by atoms with Crippen molar-refractivity contribution >= 4 is 8.07 Å². The van der Waals surface area contributed by atoms with Gasteiger partial charge in [-0.1, -0.05) is 157 Å². The molecular formula is C52H72O2Si. The zero-order valence-electron chi connectivity index (χ0n) is 36.4. The third-order valence-electron chi connectivity index (χ3n) is 13.0. The Bertz CT molecular complexity index is 1850. The van der Waals surface area contributed by atoms with Crippen LogP contribution in [-0.4, -0.2) is 19.3 Å². The zero-order valence-corrected chi connectivity index (χ0v) is 37.4. The number of rotatable bonds is 15. The lowest BCUT2D eigenvalue weighted by atomic mass is 9.91. The molecule has 0 bridgehead atoms. The highest BCUT2D eigenvalue weighted by Gasteiger charge is 2.56.